The van der Waals surface area contributed by atoms with E-state index in [4.69, 9.17) is 16.6 Å². The number of fused-ring (bicyclic) bond motifs is 1. The average Bonchev–Trinajstić information content (AvgIpc) is 3.62. The molecule has 188 valence electrons. The van der Waals surface area contributed by atoms with Gasteiger partial charge in [0.05, 0.1) is 41.1 Å². The standard InChI is InChI=1S/C26H23ClFN7OS/c1-14-11-31-34-23(14)19-10-21-20(12-29-19)33-24(17-7-2-3-8-18(17)28)35(21)16-6-4-5-15(9-16)32-25(36)26-30-13-22(27)37-26/h2-3,7-8,10-13,15-16H,4-6,9H2,1H3,(H,31,34)(H,32,36)/t15-,16?/m0/s1. The fraction of sp³-hybridized carbons (Fsp3) is 0.269. The van der Waals surface area contributed by atoms with E-state index < -0.39 is 0 Å². The van der Waals surface area contributed by atoms with Crippen molar-refractivity contribution < 1.29 is 9.18 Å². The Morgan fingerprint density at radius 1 is 1.22 bits per heavy atom. The fourth-order valence-electron chi connectivity index (χ4n) is 5.08. The van der Waals surface area contributed by atoms with E-state index in [-0.39, 0.29) is 23.8 Å². The van der Waals surface area contributed by atoms with Gasteiger partial charge < -0.3 is 9.88 Å². The second-order valence-electron chi connectivity index (χ2n) is 9.23. The first-order chi connectivity index (χ1) is 18.0. The van der Waals surface area contributed by atoms with Crippen molar-refractivity contribution >= 4 is 39.9 Å². The molecule has 4 aromatic heterocycles. The van der Waals surface area contributed by atoms with Crippen LogP contribution in [-0.4, -0.2) is 41.7 Å². The van der Waals surface area contributed by atoms with Crippen LogP contribution in [-0.2, 0) is 0 Å². The Balaban J connectivity index is 1.41. The van der Waals surface area contributed by atoms with E-state index in [9.17, 15) is 9.18 Å². The predicted molar refractivity (Wildman–Crippen MR) is 141 cm³/mol. The summed E-state index contributed by atoms with van der Waals surface area (Å²) in [7, 11) is 0. The summed E-state index contributed by atoms with van der Waals surface area (Å²) in [6.45, 7) is 1.97. The lowest BCUT2D eigenvalue weighted by Gasteiger charge is -2.32. The summed E-state index contributed by atoms with van der Waals surface area (Å²) in [4.78, 5) is 26.3. The Bertz CT molecular complexity index is 1610. The van der Waals surface area contributed by atoms with Crippen LogP contribution in [0.5, 0.6) is 0 Å². The van der Waals surface area contributed by atoms with Crippen LogP contribution < -0.4 is 5.32 Å². The van der Waals surface area contributed by atoms with Gasteiger partial charge in [0, 0.05) is 12.1 Å². The molecule has 4 heterocycles. The lowest BCUT2D eigenvalue weighted by molar-refractivity contribution is 0.0920. The number of imidazole rings is 1. The van der Waals surface area contributed by atoms with Crippen LogP contribution >= 0.6 is 22.9 Å². The SMILES string of the molecule is Cc1cn[nH]c1-c1cc2c(cn1)nc(-c1ccccc1F)n2C1CCC[C@H](NC(=O)c2ncc(Cl)s2)C1. The number of halogens is 2. The molecule has 2 N–H and O–H groups in total. The Morgan fingerprint density at radius 3 is 2.84 bits per heavy atom. The Morgan fingerprint density at radius 2 is 2.08 bits per heavy atom. The highest BCUT2D eigenvalue weighted by molar-refractivity contribution is 7.17. The third kappa shape index (κ3) is 4.51. The molecular weight excluding hydrogens is 513 g/mol. The molecule has 37 heavy (non-hydrogen) atoms. The minimum absolute atomic E-state index is 0.00310. The summed E-state index contributed by atoms with van der Waals surface area (Å²) in [5.41, 5.74) is 4.53. The molecule has 5 aromatic rings. The van der Waals surface area contributed by atoms with Crippen LogP contribution in [0.25, 0.3) is 33.8 Å². The van der Waals surface area contributed by atoms with Crippen molar-refractivity contribution in [2.75, 3.05) is 0 Å². The number of carbonyl (C=O) groups excluding carboxylic acids is 1. The summed E-state index contributed by atoms with van der Waals surface area (Å²) < 4.78 is 17.6. The molecular formula is C26H23ClFN7OS. The third-order valence-electron chi connectivity index (χ3n) is 6.79. The van der Waals surface area contributed by atoms with Crippen LogP contribution in [0, 0.1) is 12.7 Å². The van der Waals surface area contributed by atoms with Gasteiger partial charge >= 0.3 is 0 Å². The van der Waals surface area contributed by atoms with Gasteiger partial charge in [-0.05, 0) is 56.4 Å². The molecule has 1 unspecified atom stereocenters. The molecule has 0 spiro atoms. The summed E-state index contributed by atoms with van der Waals surface area (Å²) in [6, 6.07) is 8.58. The van der Waals surface area contributed by atoms with E-state index in [1.54, 1.807) is 24.5 Å². The molecule has 0 radical (unpaired) electrons. The first kappa shape index (κ1) is 23.7. The zero-order chi connectivity index (χ0) is 25.5. The van der Waals surface area contributed by atoms with Crippen molar-refractivity contribution in [1.29, 1.82) is 0 Å². The van der Waals surface area contributed by atoms with Gasteiger partial charge in [-0.25, -0.2) is 14.4 Å². The third-order valence-corrected chi connectivity index (χ3v) is 7.91. The second-order valence-corrected chi connectivity index (χ2v) is 10.9. The normalized spacial score (nSPS) is 17.8. The first-order valence-electron chi connectivity index (χ1n) is 12.0. The van der Waals surface area contributed by atoms with Gasteiger partial charge in [-0.2, -0.15) is 5.10 Å². The summed E-state index contributed by atoms with van der Waals surface area (Å²) in [5.74, 6) is -0.0106. The van der Waals surface area contributed by atoms with Crippen molar-refractivity contribution in [1.82, 2.24) is 35.0 Å². The number of hydrogen-bond acceptors (Lipinski definition) is 6. The molecule has 11 heteroatoms. The number of aryl methyl sites for hydroxylation is 1. The van der Waals surface area contributed by atoms with Crippen molar-refractivity contribution in [3.63, 3.8) is 0 Å². The van der Waals surface area contributed by atoms with Crippen molar-refractivity contribution in [2.24, 2.45) is 0 Å². The van der Waals surface area contributed by atoms with Gasteiger partial charge in [0.1, 0.15) is 21.5 Å². The summed E-state index contributed by atoms with van der Waals surface area (Å²) in [5, 5.41) is 10.6. The van der Waals surface area contributed by atoms with Gasteiger partial charge in [0.2, 0.25) is 0 Å². The van der Waals surface area contributed by atoms with Gasteiger partial charge in [-0.1, -0.05) is 35.1 Å². The molecule has 1 aliphatic rings. The zero-order valence-corrected chi connectivity index (χ0v) is 21.5. The number of H-pyrrole nitrogens is 1. The molecule has 1 saturated carbocycles. The minimum Gasteiger partial charge on any atom is -0.347 e. The average molecular weight is 536 g/mol. The predicted octanol–water partition coefficient (Wildman–Crippen LogP) is 5.96. The van der Waals surface area contributed by atoms with Crippen molar-refractivity contribution in [3.8, 4) is 22.8 Å². The van der Waals surface area contributed by atoms with Crippen LogP contribution in [0.3, 0.4) is 0 Å². The molecule has 1 aromatic carbocycles. The number of rotatable bonds is 5. The van der Waals surface area contributed by atoms with Crippen LogP contribution in [0.4, 0.5) is 4.39 Å². The fourth-order valence-corrected chi connectivity index (χ4v) is 5.89. The van der Waals surface area contributed by atoms with Crippen molar-refractivity contribution in [2.45, 2.75) is 44.7 Å². The largest absolute Gasteiger partial charge is 0.347 e. The van der Waals surface area contributed by atoms with Crippen molar-refractivity contribution in [3.05, 3.63) is 69.6 Å². The molecule has 2 atom stereocenters. The maximum absolute atomic E-state index is 15.0. The van der Waals surface area contributed by atoms with Crippen LogP contribution in [0.2, 0.25) is 4.34 Å². The molecule has 0 saturated heterocycles. The number of benzene rings is 1. The summed E-state index contributed by atoms with van der Waals surface area (Å²) >= 11 is 7.12. The van der Waals surface area contributed by atoms with E-state index in [2.05, 4.69) is 30.0 Å². The van der Waals surface area contributed by atoms with E-state index in [1.165, 1.54) is 12.3 Å². The summed E-state index contributed by atoms with van der Waals surface area (Å²) in [6.07, 6.45) is 8.27. The van der Waals surface area contributed by atoms with Gasteiger partial charge in [-0.3, -0.25) is 14.9 Å². The number of pyridine rings is 1. The maximum atomic E-state index is 15.0. The number of amides is 1. The van der Waals surface area contributed by atoms with E-state index >= 15 is 0 Å². The molecule has 1 fully saturated rings. The minimum atomic E-state index is -0.335. The topological polar surface area (TPSA) is 101 Å². The number of carbonyl (C=O) groups is 1. The highest BCUT2D eigenvalue weighted by Crippen LogP contribution is 2.37. The zero-order valence-electron chi connectivity index (χ0n) is 19.9. The van der Waals surface area contributed by atoms with Gasteiger partial charge in [0.15, 0.2) is 5.01 Å². The Hall–Kier alpha value is -3.63. The van der Waals surface area contributed by atoms with Crippen LogP contribution in [0.1, 0.15) is 47.1 Å². The monoisotopic (exact) mass is 535 g/mol. The lowest BCUT2D eigenvalue weighted by Crippen LogP contribution is -2.39. The molecule has 1 aliphatic carbocycles. The van der Waals surface area contributed by atoms with Gasteiger partial charge in [0.25, 0.3) is 5.91 Å². The van der Waals surface area contributed by atoms with Gasteiger partial charge in [-0.15, -0.1) is 0 Å². The quantitative estimate of drug-likeness (QED) is 0.289. The van der Waals surface area contributed by atoms with E-state index in [0.29, 0.717) is 32.7 Å². The number of aromatic amines is 1. The number of thiazole rings is 1. The smallest absolute Gasteiger partial charge is 0.280 e. The number of hydrogen-bond donors (Lipinski definition) is 2. The number of nitrogens with zero attached hydrogens (tertiary/aromatic N) is 5. The second kappa shape index (κ2) is 9.68. The van der Waals surface area contributed by atoms with E-state index in [1.807, 2.05) is 19.1 Å². The Kier molecular flexibility index (Phi) is 6.21. The molecule has 0 bridgehead atoms. The molecule has 8 nitrogen and oxygen atoms in total. The molecule has 6 rings (SSSR count). The van der Waals surface area contributed by atoms with Crippen LogP contribution in [0.15, 0.2) is 48.9 Å². The highest BCUT2D eigenvalue weighted by Gasteiger charge is 2.29. The first-order valence-corrected chi connectivity index (χ1v) is 13.2. The maximum Gasteiger partial charge on any atom is 0.280 e. The lowest BCUT2D eigenvalue weighted by atomic mass is 9.90. The number of nitrogens with one attached hydrogen (secondary N) is 2. The van der Waals surface area contributed by atoms with E-state index in [0.717, 1.165) is 53.1 Å². The molecule has 1 amide bonds. The number of aromatic nitrogens is 6. The molecule has 0 aliphatic heterocycles. The Labute approximate surface area is 220 Å². The highest BCUT2D eigenvalue weighted by atomic mass is 35.5.